The van der Waals surface area contributed by atoms with Crippen LogP contribution in [0, 0.1) is 0 Å². The number of rotatable bonds is 13. The molecule has 0 bridgehead atoms. The van der Waals surface area contributed by atoms with E-state index in [1.54, 1.807) is 24.3 Å². The number of carboxylic acid groups (broad SMARTS) is 1. The lowest BCUT2D eigenvalue weighted by atomic mass is 10.0. The van der Waals surface area contributed by atoms with Crippen molar-refractivity contribution in [3.05, 3.63) is 83.1 Å². The molecule has 0 saturated carbocycles. The van der Waals surface area contributed by atoms with Crippen LogP contribution >= 0.6 is 0 Å². The van der Waals surface area contributed by atoms with Crippen molar-refractivity contribution in [2.45, 2.75) is 70.6 Å². The summed E-state index contributed by atoms with van der Waals surface area (Å²) in [6, 6.07) is 0. The molecule has 13 heteroatoms. The number of hydrogen-bond acceptors (Lipinski definition) is 12. The Hall–Kier alpha value is -3.53. The highest BCUT2D eigenvalue weighted by atomic mass is 17.2. The summed E-state index contributed by atoms with van der Waals surface area (Å²) in [5, 5.41) is 48.7. The van der Waals surface area contributed by atoms with Crippen molar-refractivity contribution in [3.63, 3.8) is 0 Å². The standard InChI is InChI=1S/C31H40O13/c1-18(11-7-13-20(3)29(37)38)9-5-6-10-19(2)12-8-14-21(4)30(39)44-43-24-17-40-23(26(34)27(24)35)16-42-31-28(36)25(33)22(32)15-41-31/h5-14,22-27,31-35H,15-17H2,1-4H3,(H,37,38)/b6-5+,11-7+,12-8+,18-9+,19-10+,20-13+,21-14+/t22-,23?,24?,25?,26?,27?,31?/m1/s1. The van der Waals surface area contributed by atoms with Gasteiger partial charge in [-0.2, -0.15) is 4.89 Å². The molecule has 2 heterocycles. The van der Waals surface area contributed by atoms with Crippen LogP contribution in [0.2, 0.25) is 0 Å². The van der Waals surface area contributed by atoms with E-state index in [0.29, 0.717) is 0 Å². The van der Waals surface area contributed by atoms with Crippen LogP contribution in [0.5, 0.6) is 0 Å². The van der Waals surface area contributed by atoms with Gasteiger partial charge in [0.15, 0.2) is 6.10 Å². The summed E-state index contributed by atoms with van der Waals surface area (Å²) in [6.45, 7) is 5.81. The molecule has 7 atom stereocenters. The number of ketones is 1. The van der Waals surface area contributed by atoms with E-state index in [0.717, 1.165) is 11.1 Å². The summed E-state index contributed by atoms with van der Waals surface area (Å²) in [5.74, 6) is -2.66. The molecule has 2 rings (SSSR count). The van der Waals surface area contributed by atoms with E-state index in [1.165, 1.54) is 26.0 Å². The van der Waals surface area contributed by atoms with Crippen LogP contribution in [0.1, 0.15) is 27.7 Å². The van der Waals surface area contributed by atoms with E-state index in [1.807, 2.05) is 38.2 Å². The number of aliphatic hydroxyl groups excluding tert-OH is 4. The number of hydrogen-bond donors (Lipinski definition) is 5. The summed E-state index contributed by atoms with van der Waals surface area (Å²) >= 11 is 0. The highest BCUT2D eigenvalue weighted by Gasteiger charge is 2.43. The van der Waals surface area contributed by atoms with E-state index >= 15 is 0 Å². The molecule has 0 aromatic heterocycles. The van der Waals surface area contributed by atoms with E-state index in [4.69, 9.17) is 29.1 Å². The van der Waals surface area contributed by atoms with Gasteiger partial charge in [0, 0.05) is 11.1 Å². The zero-order chi connectivity index (χ0) is 32.8. The van der Waals surface area contributed by atoms with Crippen LogP contribution in [0.4, 0.5) is 0 Å². The van der Waals surface area contributed by atoms with Crippen molar-refractivity contribution in [3.8, 4) is 0 Å². The van der Waals surface area contributed by atoms with Gasteiger partial charge in [0.2, 0.25) is 12.1 Å². The van der Waals surface area contributed by atoms with E-state index in [9.17, 15) is 34.8 Å². The van der Waals surface area contributed by atoms with Crippen molar-refractivity contribution in [1.82, 2.24) is 0 Å². The average Bonchev–Trinajstić information content (AvgIpc) is 2.98. The van der Waals surface area contributed by atoms with Gasteiger partial charge in [0.05, 0.1) is 19.8 Å². The third-order valence-corrected chi connectivity index (χ3v) is 6.45. The molecule has 0 radical (unpaired) electrons. The summed E-state index contributed by atoms with van der Waals surface area (Å²) in [4.78, 5) is 44.8. The first kappa shape index (κ1) is 36.7. The van der Waals surface area contributed by atoms with Crippen LogP contribution < -0.4 is 0 Å². The van der Waals surface area contributed by atoms with Crippen molar-refractivity contribution in [2.24, 2.45) is 0 Å². The third-order valence-electron chi connectivity index (χ3n) is 6.45. The van der Waals surface area contributed by atoms with E-state index < -0.39 is 60.6 Å². The second-order valence-corrected chi connectivity index (χ2v) is 10.2. The number of Topliss-reactive ketones (excluding diaryl/α,β-unsaturated/α-hetero) is 1. The fourth-order valence-electron chi connectivity index (χ4n) is 3.61. The number of aliphatic carboxylic acids is 1. The first-order chi connectivity index (χ1) is 20.8. The third kappa shape index (κ3) is 11.9. The quantitative estimate of drug-likeness (QED) is 0.0851. The molecule has 242 valence electrons. The predicted molar refractivity (Wildman–Crippen MR) is 156 cm³/mol. The molecule has 2 aliphatic rings. The maximum absolute atomic E-state index is 12.3. The molecule has 0 spiro atoms. The Labute approximate surface area is 255 Å². The molecule has 0 aromatic carbocycles. The Kier molecular flexibility index (Phi) is 15.3. The first-order valence-corrected chi connectivity index (χ1v) is 13.7. The van der Waals surface area contributed by atoms with Crippen molar-refractivity contribution >= 4 is 17.7 Å². The molecule has 6 unspecified atom stereocenters. The monoisotopic (exact) mass is 620 g/mol. The van der Waals surface area contributed by atoms with Crippen molar-refractivity contribution < 1.29 is 63.9 Å². The lowest BCUT2D eigenvalue weighted by Crippen LogP contribution is -2.56. The van der Waals surface area contributed by atoms with Gasteiger partial charge in [-0.1, -0.05) is 71.9 Å². The maximum atomic E-state index is 12.3. The molecule has 0 amide bonds. The molecule has 0 aliphatic carbocycles. The van der Waals surface area contributed by atoms with Crippen molar-refractivity contribution in [2.75, 3.05) is 19.8 Å². The predicted octanol–water partition coefficient (Wildman–Crippen LogP) is 1.15. The van der Waals surface area contributed by atoms with Gasteiger partial charge in [0.25, 0.3) is 0 Å². The van der Waals surface area contributed by atoms with Gasteiger partial charge < -0.3 is 39.7 Å². The Bertz CT molecular complexity index is 1220. The van der Waals surface area contributed by atoms with E-state index in [-0.39, 0.29) is 31.0 Å². The molecule has 2 aliphatic heterocycles. The smallest absolute Gasteiger partial charge is 0.368 e. The highest BCUT2D eigenvalue weighted by Crippen LogP contribution is 2.21. The van der Waals surface area contributed by atoms with Gasteiger partial charge in [-0.05, 0) is 27.7 Å². The summed E-state index contributed by atoms with van der Waals surface area (Å²) in [7, 11) is 0. The van der Waals surface area contributed by atoms with Gasteiger partial charge in [0.1, 0.15) is 30.5 Å². The number of aliphatic hydroxyl groups is 4. The van der Waals surface area contributed by atoms with E-state index in [2.05, 4.69) is 0 Å². The Morgan fingerprint density at radius 1 is 0.818 bits per heavy atom. The largest absolute Gasteiger partial charge is 0.478 e. The molecule has 13 nitrogen and oxygen atoms in total. The van der Waals surface area contributed by atoms with Gasteiger partial charge in [-0.3, -0.25) is 9.68 Å². The molecule has 44 heavy (non-hydrogen) atoms. The van der Waals surface area contributed by atoms with Crippen LogP contribution in [0.15, 0.2) is 83.1 Å². The Balaban J connectivity index is 1.78. The number of allylic oxidation sites excluding steroid dienone is 12. The maximum Gasteiger partial charge on any atom is 0.368 e. The SMILES string of the molecule is CC(/C=C/C=C(\C)C(=O)O)=C\C=C\C=C(C)\C=C\C=C(/C)C(=O)OOC1COC(COC2OC[C@@H](O)C(O)C2=O)C(O)C1O. The van der Waals surface area contributed by atoms with Crippen LogP contribution in [-0.4, -0.2) is 106 Å². The molecule has 2 saturated heterocycles. The topological polar surface area (TPSA) is 199 Å². The fraction of sp³-hybridized carbons (Fsp3) is 0.452. The summed E-state index contributed by atoms with van der Waals surface area (Å²) in [6.07, 6.45) is 7.48. The van der Waals surface area contributed by atoms with Crippen molar-refractivity contribution in [1.29, 1.82) is 0 Å². The second-order valence-electron chi connectivity index (χ2n) is 10.2. The molecular formula is C31H40O13. The van der Waals surface area contributed by atoms with Crippen LogP contribution in [-0.2, 0) is 38.4 Å². The zero-order valence-corrected chi connectivity index (χ0v) is 24.9. The minimum Gasteiger partial charge on any atom is -0.478 e. The Morgan fingerprint density at radius 3 is 2.00 bits per heavy atom. The number of carbonyl (C=O) groups is 3. The van der Waals surface area contributed by atoms with Crippen LogP contribution in [0.3, 0.4) is 0 Å². The number of ether oxygens (including phenoxy) is 3. The first-order valence-electron chi connectivity index (χ1n) is 13.7. The second kappa shape index (κ2) is 18.3. The fourth-order valence-corrected chi connectivity index (χ4v) is 3.61. The van der Waals surface area contributed by atoms with Gasteiger partial charge in [-0.25, -0.2) is 9.59 Å². The number of carbonyl (C=O) groups excluding carboxylic acids is 2. The zero-order valence-electron chi connectivity index (χ0n) is 24.9. The Morgan fingerprint density at radius 2 is 1.41 bits per heavy atom. The molecule has 2 fully saturated rings. The summed E-state index contributed by atoms with van der Waals surface area (Å²) in [5.41, 5.74) is 2.26. The summed E-state index contributed by atoms with van der Waals surface area (Å²) < 4.78 is 15.7. The number of carboxylic acids is 1. The van der Waals surface area contributed by atoms with Crippen LogP contribution in [0.25, 0.3) is 0 Å². The normalized spacial score (nSPS) is 29.6. The lowest BCUT2D eigenvalue weighted by Gasteiger charge is -2.37. The minimum absolute atomic E-state index is 0.199. The van der Waals surface area contributed by atoms with Gasteiger partial charge in [-0.15, -0.1) is 0 Å². The van der Waals surface area contributed by atoms with Gasteiger partial charge >= 0.3 is 11.9 Å². The molecule has 0 aromatic rings. The lowest BCUT2D eigenvalue weighted by molar-refractivity contribution is -0.340. The minimum atomic E-state index is -1.66. The molecule has 5 N–H and O–H groups in total. The highest BCUT2D eigenvalue weighted by molar-refractivity contribution is 5.88. The average molecular weight is 621 g/mol. The molecular weight excluding hydrogens is 580 g/mol.